The molecule has 2 rings (SSSR count). The summed E-state index contributed by atoms with van der Waals surface area (Å²) in [7, 11) is -1.39. The standard InChI is InChI=1S/C17H18N2O6S/c1-11-4-6-15(18-10-11)19-26(22,23)14-9-12(5-7-16(20)21)8-13(24-2)17(14)25-3/h4-10H,1-3H3,(H,18,19)(H,20,21). The fourth-order valence-corrected chi connectivity index (χ4v) is 3.36. The summed E-state index contributed by atoms with van der Waals surface area (Å²) in [6.07, 6.45) is 3.68. The maximum absolute atomic E-state index is 12.8. The van der Waals surface area contributed by atoms with Gasteiger partial charge in [-0.1, -0.05) is 6.07 Å². The summed E-state index contributed by atoms with van der Waals surface area (Å²) in [6, 6.07) is 6.01. The predicted octanol–water partition coefficient (Wildman–Crippen LogP) is 2.31. The van der Waals surface area contributed by atoms with Crippen LogP contribution in [0.4, 0.5) is 5.82 Å². The summed E-state index contributed by atoms with van der Waals surface area (Å²) in [4.78, 5) is 14.5. The fourth-order valence-electron chi connectivity index (χ4n) is 2.13. The summed E-state index contributed by atoms with van der Waals surface area (Å²) >= 11 is 0. The number of aryl methyl sites for hydroxylation is 1. The molecule has 1 aromatic heterocycles. The Morgan fingerprint density at radius 3 is 2.50 bits per heavy atom. The number of benzene rings is 1. The van der Waals surface area contributed by atoms with Gasteiger partial charge in [-0.25, -0.2) is 18.2 Å². The molecule has 0 aliphatic rings. The van der Waals surface area contributed by atoms with Crippen LogP contribution in [0.5, 0.6) is 11.5 Å². The lowest BCUT2D eigenvalue weighted by Crippen LogP contribution is -2.15. The van der Waals surface area contributed by atoms with E-state index in [1.807, 2.05) is 6.92 Å². The van der Waals surface area contributed by atoms with Gasteiger partial charge >= 0.3 is 5.97 Å². The Morgan fingerprint density at radius 1 is 1.23 bits per heavy atom. The second-order valence-electron chi connectivity index (χ2n) is 5.25. The number of nitrogens with one attached hydrogen (secondary N) is 1. The Balaban J connectivity index is 2.55. The number of hydrogen-bond acceptors (Lipinski definition) is 6. The third-order valence-corrected chi connectivity index (χ3v) is 4.69. The van der Waals surface area contributed by atoms with Gasteiger partial charge in [0, 0.05) is 12.3 Å². The number of carboxylic acid groups (broad SMARTS) is 1. The highest BCUT2D eigenvalue weighted by molar-refractivity contribution is 7.92. The Hall–Kier alpha value is -3.07. The minimum atomic E-state index is -4.06. The average Bonchev–Trinajstić information content (AvgIpc) is 2.60. The topological polar surface area (TPSA) is 115 Å². The van der Waals surface area contributed by atoms with Gasteiger partial charge in [-0.15, -0.1) is 0 Å². The number of methoxy groups -OCH3 is 2. The number of nitrogens with zero attached hydrogens (tertiary/aromatic N) is 1. The van der Waals surface area contributed by atoms with E-state index >= 15 is 0 Å². The number of sulfonamides is 1. The maximum Gasteiger partial charge on any atom is 0.328 e. The molecule has 0 saturated heterocycles. The molecule has 0 fully saturated rings. The van der Waals surface area contributed by atoms with Crippen molar-refractivity contribution in [3.63, 3.8) is 0 Å². The highest BCUT2D eigenvalue weighted by Crippen LogP contribution is 2.36. The molecule has 1 heterocycles. The van der Waals surface area contributed by atoms with Gasteiger partial charge < -0.3 is 14.6 Å². The maximum atomic E-state index is 12.8. The van der Waals surface area contributed by atoms with Gasteiger partial charge in [0.15, 0.2) is 11.5 Å². The van der Waals surface area contributed by atoms with E-state index in [9.17, 15) is 13.2 Å². The van der Waals surface area contributed by atoms with E-state index in [1.54, 1.807) is 6.07 Å². The normalized spacial score (nSPS) is 11.3. The largest absolute Gasteiger partial charge is 0.493 e. The number of aliphatic carboxylic acids is 1. The van der Waals surface area contributed by atoms with Crippen LogP contribution < -0.4 is 14.2 Å². The van der Waals surface area contributed by atoms with E-state index in [0.29, 0.717) is 5.56 Å². The summed E-state index contributed by atoms with van der Waals surface area (Å²) in [5, 5.41) is 8.77. The van der Waals surface area contributed by atoms with Gasteiger partial charge in [0.1, 0.15) is 10.7 Å². The molecule has 26 heavy (non-hydrogen) atoms. The van der Waals surface area contributed by atoms with E-state index in [1.165, 1.54) is 44.7 Å². The third kappa shape index (κ3) is 4.51. The second-order valence-corrected chi connectivity index (χ2v) is 6.90. The van der Waals surface area contributed by atoms with E-state index in [2.05, 4.69) is 9.71 Å². The fraction of sp³-hybridized carbons (Fsp3) is 0.176. The van der Waals surface area contributed by atoms with Crippen molar-refractivity contribution in [1.82, 2.24) is 4.98 Å². The molecule has 0 radical (unpaired) electrons. The first-order valence-electron chi connectivity index (χ1n) is 7.39. The molecule has 138 valence electrons. The lowest BCUT2D eigenvalue weighted by atomic mass is 10.2. The van der Waals surface area contributed by atoms with Gasteiger partial charge in [-0.05, 0) is 42.3 Å². The van der Waals surface area contributed by atoms with Crippen LogP contribution in [0, 0.1) is 6.92 Å². The molecule has 0 spiro atoms. The summed E-state index contributed by atoms with van der Waals surface area (Å²) in [6.45, 7) is 1.83. The van der Waals surface area contributed by atoms with Crippen molar-refractivity contribution in [2.75, 3.05) is 18.9 Å². The van der Waals surface area contributed by atoms with Gasteiger partial charge in [-0.2, -0.15) is 0 Å². The number of hydrogen-bond donors (Lipinski definition) is 2. The average molecular weight is 378 g/mol. The highest BCUT2D eigenvalue weighted by Gasteiger charge is 2.24. The van der Waals surface area contributed by atoms with Crippen molar-refractivity contribution in [2.24, 2.45) is 0 Å². The van der Waals surface area contributed by atoms with E-state index in [4.69, 9.17) is 14.6 Å². The molecular formula is C17H18N2O6S. The molecule has 0 atom stereocenters. The highest BCUT2D eigenvalue weighted by atomic mass is 32.2. The SMILES string of the molecule is COc1cc(C=CC(=O)O)cc(S(=O)(=O)Nc2ccc(C)cn2)c1OC. The molecule has 0 saturated carbocycles. The molecule has 0 unspecified atom stereocenters. The number of carboxylic acids is 1. The zero-order chi connectivity index (χ0) is 19.3. The van der Waals surface area contributed by atoms with Crippen molar-refractivity contribution >= 4 is 27.9 Å². The van der Waals surface area contributed by atoms with Gasteiger partial charge in [0.25, 0.3) is 10.0 Å². The molecule has 0 aliphatic heterocycles. The van der Waals surface area contributed by atoms with E-state index < -0.39 is 16.0 Å². The summed E-state index contributed by atoms with van der Waals surface area (Å²) < 4.78 is 38.3. The Labute approximate surface area is 151 Å². The van der Waals surface area contributed by atoms with E-state index in [-0.39, 0.29) is 22.2 Å². The van der Waals surface area contributed by atoms with Crippen molar-refractivity contribution in [2.45, 2.75) is 11.8 Å². The number of carbonyl (C=O) groups is 1. The lowest BCUT2D eigenvalue weighted by molar-refractivity contribution is -0.131. The zero-order valence-electron chi connectivity index (χ0n) is 14.4. The molecule has 1 aromatic carbocycles. The van der Waals surface area contributed by atoms with Crippen LogP contribution >= 0.6 is 0 Å². The minimum Gasteiger partial charge on any atom is -0.493 e. The Morgan fingerprint density at radius 2 is 1.96 bits per heavy atom. The summed E-state index contributed by atoms with van der Waals surface area (Å²) in [5.41, 5.74) is 1.20. The van der Waals surface area contributed by atoms with Crippen LogP contribution in [-0.4, -0.2) is 38.7 Å². The zero-order valence-corrected chi connectivity index (χ0v) is 15.2. The van der Waals surface area contributed by atoms with Crippen LogP contribution in [0.1, 0.15) is 11.1 Å². The first-order chi connectivity index (χ1) is 12.3. The molecular weight excluding hydrogens is 360 g/mol. The second kappa shape index (κ2) is 7.87. The summed E-state index contributed by atoms with van der Waals surface area (Å²) in [5.74, 6) is -0.869. The molecule has 0 bridgehead atoms. The van der Waals surface area contributed by atoms with E-state index in [0.717, 1.165) is 11.6 Å². The van der Waals surface area contributed by atoms with Crippen molar-refractivity contribution in [3.8, 4) is 11.5 Å². The van der Waals surface area contributed by atoms with Gasteiger partial charge in [-0.3, -0.25) is 4.72 Å². The van der Waals surface area contributed by atoms with Crippen LogP contribution in [-0.2, 0) is 14.8 Å². The lowest BCUT2D eigenvalue weighted by Gasteiger charge is -2.15. The quantitative estimate of drug-likeness (QED) is 0.710. The minimum absolute atomic E-state index is 0.000383. The Bertz CT molecular complexity index is 936. The number of rotatable bonds is 7. The van der Waals surface area contributed by atoms with Crippen LogP contribution in [0.3, 0.4) is 0 Å². The van der Waals surface area contributed by atoms with Gasteiger partial charge in [0.2, 0.25) is 0 Å². The van der Waals surface area contributed by atoms with Crippen LogP contribution in [0.15, 0.2) is 41.4 Å². The van der Waals surface area contributed by atoms with Crippen molar-refractivity contribution in [3.05, 3.63) is 47.7 Å². The van der Waals surface area contributed by atoms with Crippen LogP contribution in [0.25, 0.3) is 6.08 Å². The van der Waals surface area contributed by atoms with Crippen molar-refractivity contribution < 1.29 is 27.8 Å². The molecule has 9 heteroatoms. The number of pyridine rings is 1. The van der Waals surface area contributed by atoms with Crippen LogP contribution in [0.2, 0.25) is 0 Å². The first-order valence-corrected chi connectivity index (χ1v) is 8.87. The number of aromatic nitrogens is 1. The van der Waals surface area contributed by atoms with Crippen molar-refractivity contribution in [1.29, 1.82) is 0 Å². The molecule has 0 aliphatic carbocycles. The number of anilines is 1. The Kier molecular flexibility index (Phi) is 5.83. The predicted molar refractivity (Wildman–Crippen MR) is 96.0 cm³/mol. The third-order valence-electron chi connectivity index (χ3n) is 3.33. The monoisotopic (exact) mass is 378 g/mol. The molecule has 2 aromatic rings. The molecule has 0 amide bonds. The molecule has 8 nitrogen and oxygen atoms in total. The smallest absolute Gasteiger partial charge is 0.328 e. The number of ether oxygens (including phenoxy) is 2. The first kappa shape index (κ1) is 19.3. The molecule has 2 N–H and O–H groups in total. The van der Waals surface area contributed by atoms with Gasteiger partial charge in [0.05, 0.1) is 14.2 Å².